The molecule has 1 atom stereocenters. The molecule has 0 aliphatic carbocycles. The van der Waals surface area contributed by atoms with Gasteiger partial charge in [-0.25, -0.2) is 0 Å². The van der Waals surface area contributed by atoms with Crippen molar-refractivity contribution >= 4 is 24.6 Å². The average Bonchev–Trinajstić information content (AvgIpc) is 2.64. The van der Waals surface area contributed by atoms with Gasteiger partial charge in [-0.15, -0.1) is 0 Å². The maximum absolute atomic E-state index is 5.31. The van der Waals surface area contributed by atoms with Crippen LogP contribution >= 0.6 is 7.92 Å². The Morgan fingerprint density at radius 3 is 1.90 bits per heavy atom. The van der Waals surface area contributed by atoms with E-state index in [0.717, 1.165) is 5.75 Å². The molecule has 1 nitrogen and oxygen atoms in total. The molecule has 2 heteroatoms. The molecule has 1 aliphatic rings. The molecule has 2 aromatic rings. The van der Waals surface area contributed by atoms with Crippen LogP contribution in [0.1, 0.15) is 84.6 Å². The third-order valence-corrected chi connectivity index (χ3v) is 7.96. The first-order valence-corrected chi connectivity index (χ1v) is 12.7. The molecule has 0 radical (unpaired) electrons. The Morgan fingerprint density at radius 1 is 0.806 bits per heavy atom. The monoisotopic (exact) mass is 434 g/mol. The van der Waals surface area contributed by atoms with Crippen molar-refractivity contribution in [3.05, 3.63) is 70.5 Å². The van der Waals surface area contributed by atoms with E-state index in [0.29, 0.717) is 0 Å². The van der Waals surface area contributed by atoms with E-state index < -0.39 is 7.92 Å². The summed E-state index contributed by atoms with van der Waals surface area (Å²) in [6.07, 6.45) is 4.78. The Balaban J connectivity index is 2.15. The summed E-state index contributed by atoms with van der Waals surface area (Å²) in [5.74, 6) is 3.35. The highest BCUT2D eigenvalue weighted by molar-refractivity contribution is 7.81. The van der Waals surface area contributed by atoms with Crippen molar-refractivity contribution in [2.45, 2.75) is 73.1 Å². The van der Waals surface area contributed by atoms with Gasteiger partial charge >= 0.3 is 0 Å². The van der Waals surface area contributed by atoms with E-state index in [4.69, 9.17) is 4.74 Å². The van der Waals surface area contributed by atoms with Crippen LogP contribution in [0.15, 0.2) is 48.3 Å². The van der Waals surface area contributed by atoms with Crippen molar-refractivity contribution in [3.8, 4) is 5.75 Å². The van der Waals surface area contributed by atoms with Gasteiger partial charge < -0.3 is 4.74 Å². The number of hydrogen-bond donors (Lipinski definition) is 0. The highest BCUT2D eigenvalue weighted by Crippen LogP contribution is 2.63. The predicted molar refractivity (Wildman–Crippen MR) is 140 cm³/mol. The van der Waals surface area contributed by atoms with Crippen LogP contribution in [0.3, 0.4) is 0 Å². The lowest BCUT2D eigenvalue weighted by Crippen LogP contribution is -2.31. The van der Waals surface area contributed by atoms with Gasteiger partial charge in [0.15, 0.2) is 0 Å². The number of hydrogen-bond acceptors (Lipinski definition) is 1. The zero-order valence-corrected chi connectivity index (χ0v) is 21.9. The molecule has 0 aromatic heterocycles. The third kappa shape index (κ3) is 5.32. The normalized spacial score (nSPS) is 18.3. The summed E-state index contributed by atoms with van der Waals surface area (Å²) < 4.78 is 5.31. The first-order valence-electron chi connectivity index (χ1n) is 11.2. The lowest BCUT2D eigenvalue weighted by molar-refractivity contribution is 0.415. The fourth-order valence-electron chi connectivity index (χ4n) is 3.88. The molecule has 0 saturated carbocycles. The van der Waals surface area contributed by atoms with Crippen molar-refractivity contribution < 1.29 is 4.74 Å². The maximum Gasteiger partial charge on any atom is 0.118 e. The molecule has 1 unspecified atom stereocenters. The Kier molecular flexibility index (Phi) is 6.34. The highest BCUT2D eigenvalue weighted by Gasteiger charge is 2.38. The summed E-state index contributed by atoms with van der Waals surface area (Å²) in [5.41, 5.74) is 6.04. The van der Waals surface area contributed by atoms with Gasteiger partial charge in [0.05, 0.1) is 7.11 Å². The molecule has 3 rings (SSSR count). The van der Waals surface area contributed by atoms with Crippen molar-refractivity contribution in [1.82, 2.24) is 0 Å². The summed E-state index contributed by atoms with van der Waals surface area (Å²) in [5, 5.41) is 3.09. The molecule has 166 valence electrons. The largest absolute Gasteiger partial charge is 0.497 e. The van der Waals surface area contributed by atoms with Gasteiger partial charge in [-0.05, 0) is 75.2 Å². The van der Waals surface area contributed by atoms with Gasteiger partial charge in [-0.2, -0.15) is 0 Å². The zero-order valence-electron chi connectivity index (χ0n) is 21.1. The van der Waals surface area contributed by atoms with Crippen LogP contribution in [0.4, 0.5) is 0 Å². The van der Waals surface area contributed by atoms with Crippen LogP contribution in [0.25, 0.3) is 11.4 Å². The molecule has 0 spiro atoms. The molecule has 0 N–H and O–H groups in total. The van der Waals surface area contributed by atoms with Crippen LogP contribution in [0, 0.1) is 5.41 Å². The van der Waals surface area contributed by atoms with E-state index in [1.165, 1.54) is 27.6 Å². The van der Waals surface area contributed by atoms with Gasteiger partial charge in [-0.1, -0.05) is 98.5 Å². The quantitative estimate of drug-likeness (QED) is 0.440. The predicted octanol–water partition coefficient (Wildman–Crippen LogP) is 8.47. The Bertz CT molecular complexity index is 1000. The maximum atomic E-state index is 5.31. The summed E-state index contributed by atoms with van der Waals surface area (Å²) in [4.78, 5) is 0. The minimum absolute atomic E-state index is 0.118. The van der Waals surface area contributed by atoms with Crippen molar-refractivity contribution in [2.24, 2.45) is 5.41 Å². The topological polar surface area (TPSA) is 9.23 Å². The van der Waals surface area contributed by atoms with Crippen LogP contribution in [0.2, 0.25) is 0 Å². The molecule has 0 amide bonds. The van der Waals surface area contributed by atoms with Crippen LogP contribution in [-0.2, 0) is 10.8 Å². The number of benzene rings is 2. The van der Waals surface area contributed by atoms with Crippen molar-refractivity contribution in [1.29, 1.82) is 0 Å². The Morgan fingerprint density at radius 2 is 1.42 bits per heavy atom. The van der Waals surface area contributed by atoms with Gasteiger partial charge in [0.2, 0.25) is 0 Å². The first kappa shape index (κ1) is 23.8. The van der Waals surface area contributed by atoms with Crippen LogP contribution in [-0.4, -0.2) is 7.11 Å². The van der Waals surface area contributed by atoms with Gasteiger partial charge in [0.1, 0.15) is 5.75 Å². The summed E-state index contributed by atoms with van der Waals surface area (Å²) in [6.45, 7) is 20.9. The lowest BCUT2D eigenvalue weighted by Gasteiger charge is -2.41. The summed E-state index contributed by atoms with van der Waals surface area (Å²) >= 11 is 0. The molecule has 0 fully saturated rings. The highest BCUT2D eigenvalue weighted by atomic mass is 31.1. The van der Waals surface area contributed by atoms with Crippen LogP contribution < -0.4 is 10.0 Å². The van der Waals surface area contributed by atoms with E-state index in [2.05, 4.69) is 105 Å². The second-order valence-corrected chi connectivity index (χ2v) is 13.7. The van der Waals surface area contributed by atoms with Crippen molar-refractivity contribution in [2.75, 3.05) is 7.11 Å². The Hall–Kier alpha value is -1.85. The number of methoxy groups -OCH3 is 1. The number of fused-ring (bicyclic) bond motifs is 1. The smallest absolute Gasteiger partial charge is 0.118 e. The zero-order chi connectivity index (χ0) is 23.2. The standard InChI is InChI=1S/C29H39OP/c1-27(2,3)19-25-23-17-21(28(4,5)6)18-24(29(7,8)9)26(23)31(25)16-15-20-11-13-22(30-10)14-12-20/h11-19H,1-10H3/b16-15-,25-19-. The molecule has 0 saturated heterocycles. The van der Waals surface area contributed by atoms with E-state index in [-0.39, 0.29) is 16.2 Å². The number of ether oxygens (including phenoxy) is 1. The van der Waals surface area contributed by atoms with E-state index >= 15 is 0 Å². The molecular weight excluding hydrogens is 395 g/mol. The fourth-order valence-corrected chi connectivity index (χ4v) is 6.65. The third-order valence-electron chi connectivity index (χ3n) is 5.66. The van der Waals surface area contributed by atoms with E-state index in [9.17, 15) is 0 Å². The molecule has 31 heavy (non-hydrogen) atoms. The minimum Gasteiger partial charge on any atom is -0.497 e. The van der Waals surface area contributed by atoms with E-state index in [1.54, 1.807) is 12.4 Å². The molecular formula is C29H39OP. The number of allylic oxidation sites excluding steroid dienone is 1. The molecule has 1 heterocycles. The van der Waals surface area contributed by atoms with Crippen molar-refractivity contribution in [3.63, 3.8) is 0 Å². The second kappa shape index (κ2) is 8.25. The fraction of sp³-hybridized carbons (Fsp3) is 0.448. The summed E-state index contributed by atoms with van der Waals surface area (Å²) in [6, 6.07) is 13.3. The van der Waals surface area contributed by atoms with E-state index in [1.807, 2.05) is 12.1 Å². The Labute approximate surface area is 191 Å². The van der Waals surface area contributed by atoms with Gasteiger partial charge in [0.25, 0.3) is 0 Å². The SMILES string of the molecule is COc1ccc(/C=C\P2/C(=C\C(C)(C)C)c3cc(C(C)(C)C)cc(C(C)(C)C)c32)cc1. The number of rotatable bonds is 3. The first-order chi connectivity index (χ1) is 14.2. The van der Waals surface area contributed by atoms with Gasteiger partial charge in [-0.3, -0.25) is 0 Å². The minimum atomic E-state index is -0.460. The van der Waals surface area contributed by atoms with Gasteiger partial charge in [0, 0.05) is 0 Å². The lowest BCUT2D eigenvalue weighted by atomic mass is 9.79. The van der Waals surface area contributed by atoms with Crippen LogP contribution in [0.5, 0.6) is 5.75 Å². The molecule has 0 bridgehead atoms. The summed E-state index contributed by atoms with van der Waals surface area (Å²) in [7, 11) is 1.25. The average molecular weight is 435 g/mol. The molecule has 2 aromatic carbocycles. The molecule has 1 aliphatic heterocycles. The second-order valence-electron chi connectivity index (χ2n) is 11.8.